The van der Waals surface area contributed by atoms with Gasteiger partial charge in [-0.2, -0.15) is 0 Å². The number of thioether (sulfide) groups is 1. The number of non-ortho nitro benzene ring substituents is 1. The Bertz CT molecular complexity index is 1070. The lowest BCUT2D eigenvalue weighted by molar-refractivity contribution is -0.384. The van der Waals surface area contributed by atoms with E-state index in [1.807, 2.05) is 6.07 Å². The topological polar surface area (TPSA) is 98.5 Å². The number of Topliss-reactive ketones (excluding diaryl/α,β-unsaturated/α-hetero) is 1. The average Bonchev–Trinajstić information content (AvgIpc) is 2.77. The monoisotopic (exact) mass is 422 g/mol. The first-order chi connectivity index (χ1) is 14.5. The molecule has 0 saturated heterocycles. The lowest BCUT2D eigenvalue weighted by atomic mass is 10.1. The predicted molar refractivity (Wildman–Crippen MR) is 116 cm³/mol. The van der Waals surface area contributed by atoms with E-state index in [1.54, 1.807) is 49.6 Å². The highest BCUT2D eigenvalue weighted by molar-refractivity contribution is 8.00. The Labute approximate surface area is 177 Å². The molecule has 0 aliphatic heterocycles. The summed E-state index contributed by atoms with van der Waals surface area (Å²) in [5, 5.41) is 13.5. The van der Waals surface area contributed by atoms with Crippen LogP contribution in [0.1, 0.15) is 20.7 Å². The molecule has 0 aromatic heterocycles. The van der Waals surface area contributed by atoms with Crippen LogP contribution in [0.2, 0.25) is 0 Å². The predicted octanol–water partition coefficient (Wildman–Crippen LogP) is 4.83. The molecule has 7 nitrogen and oxygen atoms in total. The maximum Gasteiger partial charge on any atom is 0.269 e. The van der Waals surface area contributed by atoms with Gasteiger partial charge >= 0.3 is 0 Å². The number of ether oxygens (including phenoxy) is 1. The van der Waals surface area contributed by atoms with Crippen molar-refractivity contribution in [2.75, 3.05) is 18.2 Å². The second kappa shape index (κ2) is 9.71. The maximum absolute atomic E-state index is 12.4. The third kappa shape index (κ3) is 5.45. The van der Waals surface area contributed by atoms with E-state index in [0.717, 1.165) is 4.90 Å². The van der Waals surface area contributed by atoms with Gasteiger partial charge in [0.1, 0.15) is 5.75 Å². The van der Waals surface area contributed by atoms with Crippen molar-refractivity contribution < 1.29 is 19.2 Å². The molecule has 0 unspecified atom stereocenters. The summed E-state index contributed by atoms with van der Waals surface area (Å²) < 4.78 is 5.09. The van der Waals surface area contributed by atoms with E-state index in [2.05, 4.69) is 5.32 Å². The summed E-state index contributed by atoms with van der Waals surface area (Å²) in [6.45, 7) is 0. The number of carbonyl (C=O) groups excluding carboxylic acids is 2. The van der Waals surface area contributed by atoms with Crippen LogP contribution in [0.5, 0.6) is 5.75 Å². The van der Waals surface area contributed by atoms with Crippen molar-refractivity contribution in [2.45, 2.75) is 4.90 Å². The van der Waals surface area contributed by atoms with Gasteiger partial charge in [0.15, 0.2) is 5.78 Å². The van der Waals surface area contributed by atoms with Gasteiger partial charge in [0, 0.05) is 33.8 Å². The van der Waals surface area contributed by atoms with Crippen LogP contribution < -0.4 is 10.1 Å². The van der Waals surface area contributed by atoms with Crippen molar-refractivity contribution in [3.8, 4) is 5.75 Å². The molecule has 3 aromatic carbocycles. The van der Waals surface area contributed by atoms with Gasteiger partial charge in [-0.3, -0.25) is 19.7 Å². The Morgan fingerprint density at radius 3 is 2.30 bits per heavy atom. The Kier molecular flexibility index (Phi) is 6.82. The average molecular weight is 422 g/mol. The summed E-state index contributed by atoms with van der Waals surface area (Å²) in [5.41, 5.74) is 1.41. The van der Waals surface area contributed by atoms with Gasteiger partial charge < -0.3 is 10.1 Å². The van der Waals surface area contributed by atoms with Gasteiger partial charge in [-0.25, -0.2) is 0 Å². The van der Waals surface area contributed by atoms with E-state index < -0.39 is 4.92 Å². The van der Waals surface area contributed by atoms with Crippen molar-refractivity contribution in [2.24, 2.45) is 0 Å². The zero-order valence-electron chi connectivity index (χ0n) is 16.0. The molecule has 1 N–H and O–H groups in total. The smallest absolute Gasteiger partial charge is 0.269 e. The Morgan fingerprint density at radius 2 is 1.67 bits per heavy atom. The van der Waals surface area contributed by atoms with Crippen molar-refractivity contribution in [3.05, 3.63) is 94.0 Å². The SMILES string of the molecule is COc1ccc(C(=O)CSc2cccc(NC(=O)c3ccc([N+](=O)[O-])cc3)c2)cc1. The minimum absolute atomic E-state index is 0.0111. The number of anilines is 1. The van der Waals surface area contributed by atoms with Crippen molar-refractivity contribution >= 4 is 34.8 Å². The molecule has 0 saturated carbocycles. The number of nitrogens with zero attached hydrogens (tertiary/aromatic N) is 1. The maximum atomic E-state index is 12.4. The minimum Gasteiger partial charge on any atom is -0.497 e. The molecule has 0 heterocycles. The van der Waals surface area contributed by atoms with Crippen LogP contribution in [0.3, 0.4) is 0 Å². The van der Waals surface area contributed by atoms with Crippen LogP contribution in [0.15, 0.2) is 77.7 Å². The van der Waals surface area contributed by atoms with Gasteiger partial charge in [0.2, 0.25) is 0 Å². The van der Waals surface area contributed by atoms with Crippen LogP contribution in [0.4, 0.5) is 11.4 Å². The number of rotatable bonds is 8. The molecule has 0 bridgehead atoms. The largest absolute Gasteiger partial charge is 0.497 e. The molecule has 0 fully saturated rings. The molecule has 1 amide bonds. The molecule has 0 aliphatic rings. The minimum atomic E-state index is -0.518. The first-order valence-corrected chi connectivity index (χ1v) is 9.91. The molecular weight excluding hydrogens is 404 g/mol. The number of nitro benzene ring substituents is 1. The number of nitrogens with one attached hydrogen (secondary N) is 1. The second-order valence-corrected chi connectivity index (χ2v) is 7.28. The highest BCUT2D eigenvalue weighted by atomic mass is 32.2. The first kappa shape index (κ1) is 21.1. The standard InChI is InChI=1S/C22H18N2O5S/c1-29-19-11-7-15(8-12-19)21(25)14-30-20-4-2-3-17(13-20)23-22(26)16-5-9-18(10-6-16)24(27)28/h2-13H,14H2,1H3,(H,23,26). The van der Waals surface area contributed by atoms with Crippen molar-refractivity contribution in [3.63, 3.8) is 0 Å². The number of nitro groups is 1. The number of hydrogen-bond acceptors (Lipinski definition) is 6. The molecular formula is C22H18N2O5S. The third-order valence-corrected chi connectivity index (χ3v) is 5.21. The molecule has 0 atom stereocenters. The number of carbonyl (C=O) groups is 2. The van der Waals surface area contributed by atoms with Gasteiger partial charge in [0.25, 0.3) is 11.6 Å². The van der Waals surface area contributed by atoms with Crippen LogP contribution in [0, 0.1) is 10.1 Å². The fourth-order valence-electron chi connectivity index (χ4n) is 2.61. The van der Waals surface area contributed by atoms with Gasteiger partial charge in [-0.05, 0) is 54.6 Å². The normalized spacial score (nSPS) is 10.3. The highest BCUT2D eigenvalue weighted by Crippen LogP contribution is 2.24. The number of amides is 1. The fraction of sp³-hybridized carbons (Fsp3) is 0.0909. The fourth-order valence-corrected chi connectivity index (χ4v) is 3.46. The van der Waals surface area contributed by atoms with Gasteiger partial charge in [0.05, 0.1) is 17.8 Å². The van der Waals surface area contributed by atoms with Crippen molar-refractivity contribution in [1.82, 2.24) is 0 Å². The van der Waals surface area contributed by atoms with Crippen LogP contribution in [0.25, 0.3) is 0 Å². The van der Waals surface area contributed by atoms with Crippen LogP contribution >= 0.6 is 11.8 Å². The lowest BCUT2D eigenvalue weighted by Gasteiger charge is -2.08. The molecule has 152 valence electrons. The zero-order valence-corrected chi connectivity index (χ0v) is 16.8. The summed E-state index contributed by atoms with van der Waals surface area (Å²) in [6, 6.07) is 19.5. The van der Waals surface area contributed by atoms with Gasteiger partial charge in [-0.15, -0.1) is 11.8 Å². The Morgan fingerprint density at radius 1 is 1.00 bits per heavy atom. The Hall–Kier alpha value is -3.65. The number of benzene rings is 3. The van der Waals surface area contributed by atoms with E-state index in [9.17, 15) is 19.7 Å². The summed E-state index contributed by atoms with van der Waals surface area (Å²) in [4.78, 5) is 35.7. The molecule has 0 spiro atoms. The summed E-state index contributed by atoms with van der Waals surface area (Å²) in [6.07, 6.45) is 0. The molecule has 8 heteroatoms. The molecule has 0 aliphatic carbocycles. The third-order valence-electron chi connectivity index (χ3n) is 4.21. The molecule has 30 heavy (non-hydrogen) atoms. The highest BCUT2D eigenvalue weighted by Gasteiger charge is 2.11. The summed E-state index contributed by atoms with van der Waals surface area (Å²) in [5.74, 6) is 0.562. The molecule has 0 radical (unpaired) electrons. The second-order valence-electron chi connectivity index (χ2n) is 6.23. The lowest BCUT2D eigenvalue weighted by Crippen LogP contribution is -2.11. The summed E-state index contributed by atoms with van der Waals surface area (Å²) in [7, 11) is 1.57. The van der Waals surface area contributed by atoms with Crippen LogP contribution in [-0.2, 0) is 0 Å². The number of methoxy groups -OCH3 is 1. The molecule has 3 rings (SSSR count). The van der Waals surface area contributed by atoms with Gasteiger partial charge in [-0.1, -0.05) is 6.07 Å². The zero-order chi connectivity index (χ0) is 21.5. The number of ketones is 1. The van der Waals surface area contributed by atoms with E-state index in [4.69, 9.17) is 4.74 Å². The Balaban J connectivity index is 1.60. The van der Waals surface area contributed by atoms with Crippen LogP contribution in [-0.4, -0.2) is 29.5 Å². The molecule has 3 aromatic rings. The van der Waals surface area contributed by atoms with E-state index in [0.29, 0.717) is 22.6 Å². The summed E-state index contributed by atoms with van der Waals surface area (Å²) >= 11 is 1.37. The quantitative estimate of drug-likeness (QED) is 0.242. The van der Waals surface area contributed by atoms with E-state index in [1.165, 1.54) is 36.0 Å². The van der Waals surface area contributed by atoms with E-state index in [-0.39, 0.29) is 23.1 Å². The van der Waals surface area contributed by atoms with Crippen molar-refractivity contribution in [1.29, 1.82) is 0 Å². The number of hydrogen-bond donors (Lipinski definition) is 1. The van der Waals surface area contributed by atoms with E-state index >= 15 is 0 Å². The first-order valence-electron chi connectivity index (χ1n) is 8.92.